The van der Waals surface area contributed by atoms with Crippen LogP contribution in [0.1, 0.15) is 30.6 Å². The maximum absolute atomic E-state index is 12.7. The number of carboxylic acids is 1. The number of halogens is 1. The number of carboxylic acid groups (broad SMARTS) is 1. The first-order chi connectivity index (χ1) is 10.5. The van der Waals surface area contributed by atoms with E-state index in [9.17, 15) is 9.59 Å². The van der Waals surface area contributed by atoms with E-state index in [0.29, 0.717) is 30.3 Å². The van der Waals surface area contributed by atoms with E-state index in [1.54, 1.807) is 11.0 Å². The summed E-state index contributed by atoms with van der Waals surface area (Å²) in [6, 6.07) is 3.73. The Morgan fingerprint density at radius 2 is 2.14 bits per heavy atom. The highest BCUT2D eigenvalue weighted by Crippen LogP contribution is 2.31. The van der Waals surface area contributed by atoms with Crippen LogP contribution in [0, 0.1) is 11.8 Å². The van der Waals surface area contributed by atoms with E-state index in [1.807, 2.05) is 12.1 Å². The highest BCUT2D eigenvalue weighted by molar-refractivity contribution is 7.16. The van der Waals surface area contributed by atoms with Gasteiger partial charge in [-0.3, -0.25) is 9.59 Å². The molecule has 2 rings (SSSR count). The van der Waals surface area contributed by atoms with Crippen molar-refractivity contribution in [3.05, 3.63) is 34.0 Å². The molecule has 1 fully saturated rings. The van der Waals surface area contributed by atoms with Crippen molar-refractivity contribution < 1.29 is 14.7 Å². The molecule has 1 saturated carbocycles. The number of thiophene rings is 1. The Labute approximate surface area is 139 Å². The van der Waals surface area contributed by atoms with Crippen LogP contribution in [0.3, 0.4) is 0 Å². The summed E-state index contributed by atoms with van der Waals surface area (Å²) in [7, 11) is 0. The molecule has 22 heavy (non-hydrogen) atoms. The Morgan fingerprint density at radius 1 is 1.41 bits per heavy atom. The van der Waals surface area contributed by atoms with Crippen molar-refractivity contribution in [3.63, 3.8) is 0 Å². The smallest absolute Gasteiger partial charge is 0.306 e. The van der Waals surface area contributed by atoms with Gasteiger partial charge in [0.2, 0.25) is 5.91 Å². The molecule has 0 bridgehead atoms. The van der Waals surface area contributed by atoms with E-state index in [4.69, 9.17) is 16.7 Å². The molecule has 1 N–H and O–H groups in total. The highest BCUT2D eigenvalue weighted by atomic mass is 35.5. The minimum absolute atomic E-state index is 0.0235. The van der Waals surface area contributed by atoms with Crippen molar-refractivity contribution in [1.82, 2.24) is 4.90 Å². The molecule has 120 valence electrons. The van der Waals surface area contributed by atoms with Crippen molar-refractivity contribution in [2.45, 2.75) is 32.2 Å². The van der Waals surface area contributed by atoms with Crippen LogP contribution in [0.5, 0.6) is 0 Å². The molecule has 0 saturated heterocycles. The zero-order valence-electron chi connectivity index (χ0n) is 12.3. The first kappa shape index (κ1) is 17.0. The molecule has 2 atom stereocenters. The standard InChI is InChI=1S/C16H20ClNO3S/c1-2-8-18(10-13-6-7-14(17)22-13)15(19)11-4-3-5-12(9-11)16(20)21/h2,6-7,11-12H,1,3-5,8-10H2,(H,20,21). The highest BCUT2D eigenvalue weighted by Gasteiger charge is 2.33. The van der Waals surface area contributed by atoms with Crippen LogP contribution < -0.4 is 0 Å². The lowest BCUT2D eigenvalue weighted by Crippen LogP contribution is -2.38. The molecular weight excluding hydrogens is 322 g/mol. The van der Waals surface area contributed by atoms with E-state index >= 15 is 0 Å². The van der Waals surface area contributed by atoms with E-state index in [0.717, 1.165) is 17.7 Å². The Bertz CT molecular complexity index is 557. The fourth-order valence-electron chi connectivity index (χ4n) is 2.91. The SMILES string of the molecule is C=CCN(Cc1ccc(Cl)s1)C(=O)C1CCCC(C(=O)O)C1. The molecule has 0 aromatic carbocycles. The van der Waals surface area contributed by atoms with Gasteiger partial charge >= 0.3 is 5.97 Å². The van der Waals surface area contributed by atoms with Gasteiger partial charge in [0.05, 0.1) is 16.8 Å². The van der Waals surface area contributed by atoms with Gasteiger partial charge in [0.1, 0.15) is 0 Å². The second-order valence-electron chi connectivity index (χ2n) is 5.61. The Morgan fingerprint density at radius 3 is 2.73 bits per heavy atom. The normalized spacial score (nSPS) is 21.3. The molecule has 0 radical (unpaired) electrons. The van der Waals surface area contributed by atoms with Crippen LogP contribution in [0.25, 0.3) is 0 Å². The molecule has 1 aromatic heterocycles. The number of aliphatic carboxylic acids is 1. The van der Waals surface area contributed by atoms with Crippen LogP contribution >= 0.6 is 22.9 Å². The summed E-state index contributed by atoms with van der Waals surface area (Å²) in [6.07, 6.45) is 4.36. The van der Waals surface area contributed by atoms with Gasteiger partial charge in [0.15, 0.2) is 0 Å². The van der Waals surface area contributed by atoms with Gasteiger partial charge in [0.25, 0.3) is 0 Å². The number of amides is 1. The number of nitrogens with zero attached hydrogens (tertiary/aromatic N) is 1. The van der Waals surface area contributed by atoms with Crippen LogP contribution in [0.2, 0.25) is 4.34 Å². The average molecular weight is 342 g/mol. The van der Waals surface area contributed by atoms with Gasteiger partial charge < -0.3 is 10.0 Å². The summed E-state index contributed by atoms with van der Waals surface area (Å²) in [5.74, 6) is -1.37. The van der Waals surface area contributed by atoms with Crippen LogP contribution in [0.15, 0.2) is 24.8 Å². The number of hydrogen-bond acceptors (Lipinski definition) is 3. The zero-order valence-corrected chi connectivity index (χ0v) is 13.9. The van der Waals surface area contributed by atoms with Gasteiger partial charge in [0, 0.05) is 17.3 Å². The Kier molecular flexibility index (Phi) is 6.03. The predicted octanol–water partition coefficient (Wildman–Crippen LogP) is 3.81. The fraction of sp³-hybridized carbons (Fsp3) is 0.500. The molecule has 0 aliphatic heterocycles. The number of rotatable bonds is 6. The summed E-state index contributed by atoms with van der Waals surface area (Å²) in [5.41, 5.74) is 0. The summed E-state index contributed by atoms with van der Waals surface area (Å²) in [6.45, 7) is 4.66. The monoisotopic (exact) mass is 341 g/mol. The quantitative estimate of drug-likeness (QED) is 0.800. The molecule has 0 spiro atoms. The van der Waals surface area contributed by atoms with Crippen molar-refractivity contribution in [2.75, 3.05) is 6.54 Å². The number of carbonyl (C=O) groups is 2. The van der Waals surface area contributed by atoms with Gasteiger partial charge in [-0.05, 0) is 31.4 Å². The topological polar surface area (TPSA) is 57.6 Å². The third-order valence-corrected chi connectivity index (χ3v) is 5.23. The maximum Gasteiger partial charge on any atom is 0.306 e. The van der Waals surface area contributed by atoms with Crippen molar-refractivity contribution >= 4 is 34.8 Å². The van der Waals surface area contributed by atoms with E-state index in [2.05, 4.69) is 6.58 Å². The van der Waals surface area contributed by atoms with Crippen LogP contribution in [0.4, 0.5) is 0 Å². The second-order valence-corrected chi connectivity index (χ2v) is 7.41. The molecule has 4 nitrogen and oxygen atoms in total. The Hall–Kier alpha value is -1.33. The molecule has 2 unspecified atom stereocenters. The molecule has 6 heteroatoms. The molecular formula is C16H20ClNO3S. The first-order valence-electron chi connectivity index (χ1n) is 7.38. The lowest BCUT2D eigenvalue weighted by molar-refractivity contribution is -0.145. The second kappa shape index (κ2) is 7.79. The molecule has 1 heterocycles. The third kappa shape index (κ3) is 4.34. The van der Waals surface area contributed by atoms with Gasteiger partial charge in [-0.25, -0.2) is 0 Å². The van der Waals surface area contributed by atoms with E-state index in [-0.39, 0.29) is 11.8 Å². The Balaban J connectivity index is 2.05. The van der Waals surface area contributed by atoms with Gasteiger partial charge in [-0.2, -0.15) is 0 Å². The fourth-order valence-corrected chi connectivity index (χ4v) is 4.01. The average Bonchev–Trinajstić information content (AvgIpc) is 2.91. The number of hydrogen-bond donors (Lipinski definition) is 1. The largest absolute Gasteiger partial charge is 0.481 e. The van der Waals surface area contributed by atoms with Gasteiger partial charge in [-0.15, -0.1) is 17.9 Å². The van der Waals surface area contributed by atoms with Crippen LogP contribution in [-0.2, 0) is 16.1 Å². The summed E-state index contributed by atoms with van der Waals surface area (Å²) < 4.78 is 0.699. The lowest BCUT2D eigenvalue weighted by atomic mass is 9.80. The third-order valence-electron chi connectivity index (χ3n) is 4.01. The minimum atomic E-state index is -0.794. The van der Waals surface area contributed by atoms with Gasteiger partial charge in [-0.1, -0.05) is 24.1 Å². The maximum atomic E-state index is 12.7. The lowest BCUT2D eigenvalue weighted by Gasteiger charge is -2.30. The minimum Gasteiger partial charge on any atom is -0.481 e. The summed E-state index contributed by atoms with van der Waals surface area (Å²) >= 11 is 7.39. The first-order valence-corrected chi connectivity index (χ1v) is 8.57. The van der Waals surface area contributed by atoms with Crippen molar-refractivity contribution in [2.24, 2.45) is 11.8 Å². The molecule has 1 amide bonds. The molecule has 1 aliphatic rings. The molecule has 1 aliphatic carbocycles. The predicted molar refractivity (Wildman–Crippen MR) is 88.0 cm³/mol. The van der Waals surface area contributed by atoms with Crippen molar-refractivity contribution in [3.8, 4) is 0 Å². The molecule has 1 aromatic rings. The zero-order chi connectivity index (χ0) is 16.1. The number of carbonyl (C=O) groups excluding carboxylic acids is 1. The van der Waals surface area contributed by atoms with E-state index in [1.165, 1.54) is 11.3 Å². The van der Waals surface area contributed by atoms with E-state index < -0.39 is 11.9 Å². The van der Waals surface area contributed by atoms with Crippen molar-refractivity contribution in [1.29, 1.82) is 0 Å². The summed E-state index contributed by atoms with van der Waals surface area (Å²) in [4.78, 5) is 26.6. The summed E-state index contributed by atoms with van der Waals surface area (Å²) in [5, 5.41) is 9.16. The van der Waals surface area contributed by atoms with Crippen LogP contribution in [-0.4, -0.2) is 28.4 Å².